The Morgan fingerprint density at radius 2 is 1.97 bits per heavy atom. The lowest BCUT2D eigenvalue weighted by Crippen LogP contribution is -2.33. The zero-order chi connectivity index (χ0) is 26.8. The molecule has 3 aromatic heterocycles. The normalized spacial score (nSPS) is 11.4. The van der Waals surface area contributed by atoms with Gasteiger partial charge in [-0.15, -0.1) is 9.24 Å². The number of carbonyl (C=O) groups excluding carboxylic acids is 1. The smallest absolute Gasteiger partial charge is 0.316 e. The van der Waals surface area contributed by atoms with E-state index in [4.69, 9.17) is 9.26 Å². The molecule has 0 fully saturated rings. The molecule has 0 aromatic carbocycles. The molecule has 37 heavy (non-hydrogen) atoms. The van der Waals surface area contributed by atoms with E-state index in [1.165, 1.54) is 0 Å². The van der Waals surface area contributed by atoms with Crippen LogP contribution in [0.2, 0.25) is 0 Å². The Labute approximate surface area is 226 Å². The van der Waals surface area contributed by atoms with Crippen molar-refractivity contribution < 1.29 is 14.1 Å². The van der Waals surface area contributed by atoms with Crippen LogP contribution in [0.25, 0.3) is 11.3 Å². The molecule has 0 saturated heterocycles. The quantitative estimate of drug-likeness (QED) is 0.131. The number of rotatable bonds is 14. The second-order valence-corrected chi connectivity index (χ2v) is 10.8. The summed E-state index contributed by atoms with van der Waals surface area (Å²) in [4.78, 5) is 32.4. The first kappa shape index (κ1) is 28.7. The lowest BCUT2D eigenvalue weighted by atomic mass is 10.1. The van der Waals surface area contributed by atoms with Gasteiger partial charge in [0.15, 0.2) is 5.82 Å². The number of pyridine rings is 1. The molecule has 3 aromatic rings. The summed E-state index contributed by atoms with van der Waals surface area (Å²) in [5, 5.41) is 4.05. The van der Waals surface area contributed by atoms with Gasteiger partial charge in [-0.3, -0.25) is 9.78 Å². The van der Waals surface area contributed by atoms with Crippen molar-refractivity contribution in [2.45, 2.75) is 57.6 Å². The zero-order valence-corrected chi connectivity index (χ0v) is 23.7. The molecule has 0 bridgehead atoms. The molecule has 1 atom stereocenters. The van der Waals surface area contributed by atoms with Crippen molar-refractivity contribution in [1.29, 1.82) is 0 Å². The summed E-state index contributed by atoms with van der Waals surface area (Å²) < 4.78 is 10.2. The van der Waals surface area contributed by atoms with Crippen LogP contribution >= 0.6 is 21.9 Å². The number of amides is 1. The molecular weight excluding hydrogens is 507 g/mol. The SMILES string of the molecule is C=C(CCP)C(=O)N(CCCCCc1noc(C(C)(C)S)n1)c1ccnc(-c2cnc(OCC)nc2)c1. The fraction of sp³-hybridized carbons (Fsp3) is 0.462. The summed E-state index contributed by atoms with van der Waals surface area (Å²) in [6, 6.07) is 4.04. The summed E-state index contributed by atoms with van der Waals surface area (Å²) in [5.41, 5.74) is 2.75. The summed E-state index contributed by atoms with van der Waals surface area (Å²) in [5.74, 6) is 1.11. The number of ether oxygens (including phenoxy) is 1. The van der Waals surface area contributed by atoms with Crippen molar-refractivity contribution in [2.24, 2.45) is 0 Å². The van der Waals surface area contributed by atoms with Crippen LogP contribution < -0.4 is 9.64 Å². The van der Waals surface area contributed by atoms with E-state index in [0.29, 0.717) is 55.0 Å². The van der Waals surface area contributed by atoms with Gasteiger partial charge in [-0.2, -0.15) is 17.6 Å². The second kappa shape index (κ2) is 13.6. The summed E-state index contributed by atoms with van der Waals surface area (Å²) in [6.45, 7) is 10.8. The second-order valence-electron chi connectivity index (χ2n) is 9.07. The molecule has 1 amide bonds. The summed E-state index contributed by atoms with van der Waals surface area (Å²) >= 11 is 4.47. The van der Waals surface area contributed by atoms with E-state index in [1.54, 1.807) is 23.5 Å². The Hall–Kier alpha value is -2.84. The van der Waals surface area contributed by atoms with E-state index in [0.717, 1.165) is 36.7 Å². The predicted molar refractivity (Wildman–Crippen MR) is 151 cm³/mol. The van der Waals surface area contributed by atoms with Gasteiger partial charge in [-0.25, -0.2) is 9.97 Å². The van der Waals surface area contributed by atoms with Gasteiger partial charge in [0.05, 0.1) is 17.0 Å². The molecule has 0 N–H and O–H groups in total. The highest BCUT2D eigenvalue weighted by atomic mass is 32.1. The van der Waals surface area contributed by atoms with Crippen LogP contribution in [-0.4, -0.2) is 50.3 Å². The Bertz CT molecular complexity index is 1180. The van der Waals surface area contributed by atoms with Crippen molar-refractivity contribution >= 4 is 33.5 Å². The number of unbranched alkanes of at least 4 members (excludes halogenated alkanes) is 2. The molecule has 0 spiro atoms. The van der Waals surface area contributed by atoms with E-state index in [-0.39, 0.29) is 5.91 Å². The maximum Gasteiger partial charge on any atom is 0.316 e. The van der Waals surface area contributed by atoms with E-state index < -0.39 is 4.75 Å². The van der Waals surface area contributed by atoms with Gasteiger partial charge in [0.25, 0.3) is 5.91 Å². The predicted octanol–water partition coefficient (Wildman–Crippen LogP) is 5.05. The fourth-order valence-electron chi connectivity index (χ4n) is 3.55. The van der Waals surface area contributed by atoms with Crippen LogP contribution in [0.3, 0.4) is 0 Å². The molecule has 0 aliphatic heterocycles. The largest absolute Gasteiger partial charge is 0.464 e. The van der Waals surface area contributed by atoms with Gasteiger partial charge in [0.2, 0.25) is 5.89 Å². The number of hydrogen-bond acceptors (Lipinski definition) is 9. The molecule has 3 heterocycles. The third-order valence-corrected chi connectivity index (χ3v) is 6.00. The highest BCUT2D eigenvalue weighted by molar-refractivity contribution is 7.81. The van der Waals surface area contributed by atoms with Crippen molar-refractivity contribution in [3.05, 3.63) is 54.6 Å². The van der Waals surface area contributed by atoms with Crippen LogP contribution in [0.1, 0.15) is 58.2 Å². The highest BCUT2D eigenvalue weighted by Crippen LogP contribution is 2.26. The molecule has 0 aliphatic carbocycles. The van der Waals surface area contributed by atoms with Crippen LogP contribution in [0.15, 0.2) is 47.4 Å². The number of hydrogen-bond donors (Lipinski definition) is 1. The van der Waals surface area contributed by atoms with E-state index in [2.05, 4.69) is 53.5 Å². The van der Waals surface area contributed by atoms with Crippen molar-refractivity contribution in [3.63, 3.8) is 0 Å². The number of thiol groups is 1. The first-order chi connectivity index (χ1) is 17.7. The van der Waals surface area contributed by atoms with Gasteiger partial charge in [-0.05, 0) is 58.3 Å². The highest BCUT2D eigenvalue weighted by Gasteiger charge is 2.23. The number of nitrogens with zero attached hydrogens (tertiary/aromatic N) is 6. The average molecular weight is 543 g/mol. The number of carbonyl (C=O) groups is 1. The minimum Gasteiger partial charge on any atom is -0.464 e. The summed E-state index contributed by atoms with van der Waals surface area (Å²) in [6.07, 6.45) is 9.72. The minimum atomic E-state index is -0.466. The zero-order valence-electron chi connectivity index (χ0n) is 21.7. The Morgan fingerprint density at radius 1 is 1.22 bits per heavy atom. The van der Waals surface area contributed by atoms with E-state index >= 15 is 0 Å². The van der Waals surface area contributed by atoms with E-state index in [9.17, 15) is 4.79 Å². The molecule has 9 nitrogen and oxygen atoms in total. The third kappa shape index (κ3) is 8.33. The van der Waals surface area contributed by atoms with Crippen molar-refractivity contribution in [2.75, 3.05) is 24.2 Å². The monoisotopic (exact) mass is 542 g/mol. The van der Waals surface area contributed by atoms with Gasteiger partial charge >= 0.3 is 6.01 Å². The van der Waals surface area contributed by atoms with Gasteiger partial charge in [0, 0.05) is 48.4 Å². The first-order valence-electron chi connectivity index (χ1n) is 12.4. The fourth-order valence-corrected chi connectivity index (χ4v) is 3.99. The molecule has 11 heteroatoms. The molecule has 3 rings (SSSR count). The molecule has 0 saturated carbocycles. The van der Waals surface area contributed by atoms with Crippen LogP contribution in [0.5, 0.6) is 6.01 Å². The van der Waals surface area contributed by atoms with Crippen LogP contribution in [0.4, 0.5) is 5.69 Å². The van der Waals surface area contributed by atoms with Gasteiger partial charge in [0.1, 0.15) is 0 Å². The molecule has 198 valence electrons. The Morgan fingerprint density at radius 3 is 2.62 bits per heavy atom. The minimum absolute atomic E-state index is 0.0821. The first-order valence-corrected chi connectivity index (χ1v) is 13.7. The third-order valence-electron chi connectivity index (χ3n) is 5.52. The lowest BCUT2D eigenvalue weighted by Gasteiger charge is -2.24. The number of aryl methyl sites for hydroxylation is 1. The Kier molecular flexibility index (Phi) is 10.6. The maximum atomic E-state index is 13.3. The topological polar surface area (TPSA) is 107 Å². The van der Waals surface area contributed by atoms with Crippen molar-refractivity contribution in [3.8, 4) is 17.3 Å². The lowest BCUT2D eigenvalue weighted by molar-refractivity contribution is -0.115. The molecular formula is C26H35N6O3PS. The average Bonchev–Trinajstić information content (AvgIpc) is 3.36. The molecule has 0 aliphatic rings. The Balaban J connectivity index is 1.68. The summed E-state index contributed by atoms with van der Waals surface area (Å²) in [7, 11) is 2.64. The standard InChI is InChI=1S/C26H35N6O3PS/c1-5-34-25-28-16-19(17-29-25)21-15-20(10-12-27-21)32(23(33)18(2)11-14-36)13-8-6-7-9-22-30-24(35-31-22)26(3,4)37/h10,12,15-17,37H,2,5-9,11,13-14,36H2,1,3-4H3. The van der Waals surface area contributed by atoms with Gasteiger partial charge in [-0.1, -0.05) is 18.2 Å². The number of aromatic nitrogens is 5. The number of anilines is 1. The molecule has 0 radical (unpaired) electrons. The molecule has 1 unspecified atom stereocenters. The van der Waals surface area contributed by atoms with Crippen LogP contribution in [-0.2, 0) is 16.0 Å². The van der Waals surface area contributed by atoms with E-state index in [1.807, 2.05) is 32.9 Å². The van der Waals surface area contributed by atoms with Gasteiger partial charge < -0.3 is 14.2 Å². The van der Waals surface area contributed by atoms with Crippen LogP contribution in [0, 0.1) is 0 Å². The maximum absolute atomic E-state index is 13.3. The van der Waals surface area contributed by atoms with Crippen molar-refractivity contribution in [1.82, 2.24) is 25.1 Å².